The number of nitrogens with zero attached hydrogens (tertiary/aromatic N) is 2. The Labute approximate surface area is 124 Å². The normalized spacial score (nSPS) is 24.3. The molecule has 0 aliphatic carbocycles. The minimum Gasteiger partial charge on any atom is -0.207 e. The Hall–Kier alpha value is -1.03. The van der Waals surface area contributed by atoms with Crippen LogP contribution in [0.2, 0.25) is 0 Å². The molecule has 108 valence electrons. The van der Waals surface area contributed by atoms with E-state index >= 15 is 0 Å². The highest BCUT2D eigenvalue weighted by Crippen LogP contribution is 2.30. The highest BCUT2D eigenvalue weighted by atomic mass is 32.2. The molecule has 0 spiro atoms. The van der Waals surface area contributed by atoms with Crippen molar-refractivity contribution < 1.29 is 8.42 Å². The molecule has 1 fully saturated rings. The first kappa shape index (κ1) is 15.4. The average Bonchev–Trinajstić information content (AvgIpc) is 2.38. The summed E-state index contributed by atoms with van der Waals surface area (Å²) < 4.78 is 27.1. The maximum Gasteiger partial charge on any atom is 0.243 e. The standard InChI is InChI=1S/C14H18N2O2S2/c1-10-4-5-13(7-15)6-14(10)20(17,18)16-8-11(2)19-12(3)9-16/h4-6,11-12H,8-9H2,1-3H3. The molecule has 6 heteroatoms. The zero-order valence-corrected chi connectivity index (χ0v) is 13.5. The van der Waals surface area contributed by atoms with Gasteiger partial charge in [-0.1, -0.05) is 19.9 Å². The second-order valence-corrected chi connectivity index (χ2v) is 8.96. The molecule has 1 aliphatic heterocycles. The summed E-state index contributed by atoms with van der Waals surface area (Å²) in [6, 6.07) is 6.81. The van der Waals surface area contributed by atoms with Gasteiger partial charge >= 0.3 is 0 Å². The molecule has 1 aromatic rings. The van der Waals surface area contributed by atoms with Crippen molar-refractivity contribution >= 4 is 21.8 Å². The van der Waals surface area contributed by atoms with E-state index in [1.165, 1.54) is 6.07 Å². The number of nitriles is 1. The Kier molecular flexibility index (Phi) is 4.43. The first-order chi connectivity index (χ1) is 9.34. The summed E-state index contributed by atoms with van der Waals surface area (Å²) in [7, 11) is -3.52. The van der Waals surface area contributed by atoms with Crippen molar-refractivity contribution in [2.45, 2.75) is 36.2 Å². The third kappa shape index (κ3) is 3.00. The lowest BCUT2D eigenvalue weighted by Gasteiger charge is -2.34. The smallest absolute Gasteiger partial charge is 0.207 e. The van der Waals surface area contributed by atoms with Crippen LogP contribution in [0.25, 0.3) is 0 Å². The van der Waals surface area contributed by atoms with Gasteiger partial charge in [0.1, 0.15) is 0 Å². The second kappa shape index (κ2) is 5.76. The topological polar surface area (TPSA) is 61.2 Å². The van der Waals surface area contributed by atoms with Crippen molar-refractivity contribution in [1.29, 1.82) is 5.26 Å². The van der Waals surface area contributed by atoms with Gasteiger partial charge in [0.05, 0.1) is 16.5 Å². The summed E-state index contributed by atoms with van der Waals surface area (Å²) in [5.41, 5.74) is 1.06. The molecule has 0 saturated carbocycles. The molecule has 0 bridgehead atoms. The molecule has 4 nitrogen and oxygen atoms in total. The van der Waals surface area contributed by atoms with Crippen molar-refractivity contribution in [1.82, 2.24) is 4.31 Å². The Morgan fingerprint density at radius 1 is 1.30 bits per heavy atom. The molecular formula is C14H18N2O2S2. The van der Waals surface area contributed by atoms with Gasteiger partial charge in [0, 0.05) is 23.6 Å². The van der Waals surface area contributed by atoms with Gasteiger partial charge in [0.25, 0.3) is 0 Å². The van der Waals surface area contributed by atoms with Gasteiger partial charge in [0.15, 0.2) is 0 Å². The minimum absolute atomic E-state index is 0.253. The van der Waals surface area contributed by atoms with Crippen LogP contribution in [0.4, 0.5) is 0 Å². The molecule has 2 rings (SSSR count). The Bertz CT molecular complexity index is 640. The van der Waals surface area contributed by atoms with Crippen LogP contribution in [0.5, 0.6) is 0 Å². The third-order valence-electron chi connectivity index (χ3n) is 3.32. The van der Waals surface area contributed by atoms with Gasteiger partial charge in [-0.25, -0.2) is 8.42 Å². The van der Waals surface area contributed by atoms with Crippen LogP contribution in [-0.4, -0.2) is 36.3 Å². The van der Waals surface area contributed by atoms with Crippen LogP contribution in [0.15, 0.2) is 23.1 Å². The molecule has 20 heavy (non-hydrogen) atoms. The predicted octanol–water partition coefficient (Wildman–Crippen LogP) is 2.38. The lowest BCUT2D eigenvalue weighted by molar-refractivity contribution is 0.404. The maximum absolute atomic E-state index is 12.8. The number of rotatable bonds is 2. The number of thioether (sulfide) groups is 1. The molecule has 1 saturated heterocycles. The van der Waals surface area contributed by atoms with Gasteiger partial charge in [0.2, 0.25) is 10.0 Å². The summed E-state index contributed by atoms with van der Waals surface area (Å²) >= 11 is 1.81. The SMILES string of the molecule is Cc1ccc(C#N)cc1S(=O)(=O)N1CC(C)SC(C)C1. The number of hydrogen-bond donors (Lipinski definition) is 0. The van der Waals surface area contributed by atoms with Gasteiger partial charge in [-0.05, 0) is 24.6 Å². The largest absolute Gasteiger partial charge is 0.243 e. The van der Waals surface area contributed by atoms with E-state index in [2.05, 4.69) is 0 Å². The molecule has 1 aromatic carbocycles. The van der Waals surface area contributed by atoms with Crippen LogP contribution in [0.1, 0.15) is 25.0 Å². The van der Waals surface area contributed by atoms with Crippen LogP contribution in [0.3, 0.4) is 0 Å². The zero-order chi connectivity index (χ0) is 14.9. The van der Waals surface area contributed by atoms with Crippen LogP contribution in [0, 0.1) is 18.3 Å². The maximum atomic E-state index is 12.8. The molecular weight excluding hydrogens is 292 g/mol. The minimum atomic E-state index is -3.52. The summed E-state index contributed by atoms with van der Waals surface area (Å²) in [5, 5.41) is 9.52. The quantitative estimate of drug-likeness (QED) is 0.841. The molecule has 2 unspecified atom stereocenters. The van der Waals surface area contributed by atoms with E-state index in [0.717, 1.165) is 0 Å². The Balaban J connectivity index is 2.42. The van der Waals surface area contributed by atoms with E-state index in [1.54, 1.807) is 23.4 Å². The number of sulfonamides is 1. The van der Waals surface area contributed by atoms with E-state index in [9.17, 15) is 8.42 Å². The first-order valence-corrected chi connectivity index (χ1v) is 8.89. The molecule has 1 aliphatic rings. The van der Waals surface area contributed by atoms with Crippen molar-refractivity contribution in [3.63, 3.8) is 0 Å². The van der Waals surface area contributed by atoms with Crippen LogP contribution >= 0.6 is 11.8 Å². The monoisotopic (exact) mass is 310 g/mol. The van der Waals surface area contributed by atoms with Crippen LogP contribution < -0.4 is 0 Å². The van der Waals surface area contributed by atoms with Crippen molar-refractivity contribution in [3.8, 4) is 6.07 Å². The Morgan fingerprint density at radius 2 is 1.90 bits per heavy atom. The summed E-state index contributed by atoms with van der Waals surface area (Å²) in [4.78, 5) is 0.253. The molecule has 0 N–H and O–H groups in total. The Morgan fingerprint density at radius 3 is 2.45 bits per heavy atom. The summed E-state index contributed by atoms with van der Waals surface area (Å²) in [5.74, 6) is 0. The second-order valence-electron chi connectivity index (χ2n) is 5.17. The van der Waals surface area contributed by atoms with Crippen LogP contribution in [-0.2, 0) is 10.0 Å². The molecule has 0 radical (unpaired) electrons. The predicted molar refractivity (Wildman–Crippen MR) is 81.2 cm³/mol. The number of hydrogen-bond acceptors (Lipinski definition) is 4. The fraction of sp³-hybridized carbons (Fsp3) is 0.500. The van der Waals surface area contributed by atoms with Crippen molar-refractivity contribution in [2.75, 3.05) is 13.1 Å². The molecule has 1 heterocycles. The van der Waals surface area contributed by atoms with E-state index in [0.29, 0.717) is 24.2 Å². The van der Waals surface area contributed by atoms with Gasteiger partial charge < -0.3 is 0 Å². The van der Waals surface area contributed by atoms with Gasteiger partial charge in [-0.2, -0.15) is 21.3 Å². The molecule has 2 atom stereocenters. The fourth-order valence-corrected chi connectivity index (χ4v) is 5.80. The highest BCUT2D eigenvalue weighted by Gasteiger charge is 2.32. The van der Waals surface area contributed by atoms with E-state index in [-0.39, 0.29) is 15.4 Å². The van der Waals surface area contributed by atoms with Gasteiger partial charge in [-0.15, -0.1) is 0 Å². The van der Waals surface area contributed by atoms with E-state index in [4.69, 9.17) is 5.26 Å². The zero-order valence-electron chi connectivity index (χ0n) is 11.8. The lowest BCUT2D eigenvalue weighted by atomic mass is 10.2. The third-order valence-corrected chi connectivity index (χ3v) is 6.52. The molecule has 0 aromatic heterocycles. The van der Waals surface area contributed by atoms with E-state index < -0.39 is 10.0 Å². The van der Waals surface area contributed by atoms with Gasteiger partial charge in [-0.3, -0.25) is 0 Å². The van der Waals surface area contributed by atoms with Crippen molar-refractivity contribution in [2.24, 2.45) is 0 Å². The highest BCUT2D eigenvalue weighted by molar-refractivity contribution is 8.00. The lowest BCUT2D eigenvalue weighted by Crippen LogP contribution is -2.44. The first-order valence-electron chi connectivity index (χ1n) is 6.51. The fourth-order valence-electron chi connectivity index (χ4n) is 2.41. The average molecular weight is 310 g/mol. The summed E-state index contributed by atoms with van der Waals surface area (Å²) in [6.07, 6.45) is 0. The van der Waals surface area contributed by atoms with Crippen molar-refractivity contribution in [3.05, 3.63) is 29.3 Å². The van der Waals surface area contributed by atoms with E-state index in [1.807, 2.05) is 31.7 Å². The number of benzene rings is 1. The molecule has 0 amide bonds. The number of aryl methyl sites for hydroxylation is 1. The summed E-state index contributed by atoms with van der Waals surface area (Å²) in [6.45, 7) is 6.89.